The van der Waals surface area contributed by atoms with E-state index in [1.54, 1.807) is 11.0 Å². The van der Waals surface area contributed by atoms with Crippen LogP contribution in [0, 0.1) is 0 Å². The molecule has 0 radical (unpaired) electrons. The maximum absolute atomic E-state index is 13.1. The maximum Gasteiger partial charge on any atom is 0.274 e. The van der Waals surface area contributed by atoms with Crippen molar-refractivity contribution in [2.24, 2.45) is 0 Å². The summed E-state index contributed by atoms with van der Waals surface area (Å²) in [6.45, 7) is 7.53. The third kappa shape index (κ3) is 5.74. The van der Waals surface area contributed by atoms with Crippen molar-refractivity contribution in [2.75, 3.05) is 52.4 Å². The number of carbonyl (C=O) groups excluding carboxylic acids is 1. The van der Waals surface area contributed by atoms with Gasteiger partial charge in [-0.05, 0) is 49.4 Å². The molecule has 9 nitrogen and oxygen atoms in total. The van der Waals surface area contributed by atoms with Gasteiger partial charge in [-0.15, -0.1) is 0 Å². The molecule has 0 spiro atoms. The molecule has 196 valence electrons. The van der Waals surface area contributed by atoms with Crippen LogP contribution >= 0.6 is 0 Å². The number of piperazine rings is 1. The Bertz CT molecular complexity index is 1110. The number of aliphatic hydroxyl groups is 1. The third-order valence-corrected chi connectivity index (χ3v) is 7.52. The molecule has 36 heavy (non-hydrogen) atoms. The van der Waals surface area contributed by atoms with Gasteiger partial charge >= 0.3 is 0 Å². The van der Waals surface area contributed by atoms with Gasteiger partial charge in [-0.25, -0.2) is 0 Å². The molecule has 1 aromatic carbocycles. The van der Waals surface area contributed by atoms with Crippen molar-refractivity contribution in [3.63, 3.8) is 0 Å². The summed E-state index contributed by atoms with van der Waals surface area (Å²) in [5.74, 6) is -0.524. The van der Waals surface area contributed by atoms with E-state index in [4.69, 9.17) is 0 Å². The fourth-order valence-corrected chi connectivity index (χ4v) is 5.52. The highest BCUT2D eigenvalue weighted by atomic mass is 16.3. The van der Waals surface area contributed by atoms with E-state index in [0.29, 0.717) is 24.9 Å². The number of nitrogens with zero attached hydrogens (tertiary/aromatic N) is 4. The zero-order valence-electron chi connectivity index (χ0n) is 21.1. The fraction of sp³-hybridized carbons (Fsp3) is 0.556. The summed E-state index contributed by atoms with van der Waals surface area (Å²) in [5.41, 5.74) is 1.70. The van der Waals surface area contributed by atoms with E-state index in [0.717, 1.165) is 64.0 Å². The van der Waals surface area contributed by atoms with Crippen LogP contribution in [-0.4, -0.2) is 99.0 Å². The predicted molar refractivity (Wildman–Crippen MR) is 138 cm³/mol. The highest BCUT2D eigenvalue weighted by Gasteiger charge is 2.29. The lowest BCUT2D eigenvalue weighted by Crippen LogP contribution is -2.51. The SMILES string of the molecule is CCCN(CCN1CCN(C(=O)c2c(O)c(=O)ccn2CCO)CC1)C1CCc2c(O)cccc2C1. The van der Waals surface area contributed by atoms with Crippen molar-refractivity contribution in [1.29, 1.82) is 0 Å². The Morgan fingerprint density at radius 2 is 1.86 bits per heavy atom. The fourth-order valence-electron chi connectivity index (χ4n) is 5.52. The second-order valence-corrected chi connectivity index (χ2v) is 9.78. The Balaban J connectivity index is 1.33. The monoisotopic (exact) mass is 498 g/mol. The van der Waals surface area contributed by atoms with Crippen LogP contribution in [0.1, 0.15) is 41.4 Å². The number of pyridine rings is 1. The Labute approximate surface area is 212 Å². The number of amides is 1. The second kappa shape index (κ2) is 11.9. The van der Waals surface area contributed by atoms with Gasteiger partial charge in [0.1, 0.15) is 5.75 Å². The van der Waals surface area contributed by atoms with E-state index in [9.17, 15) is 24.9 Å². The van der Waals surface area contributed by atoms with Gasteiger partial charge in [0.15, 0.2) is 11.4 Å². The molecular weight excluding hydrogens is 460 g/mol. The van der Waals surface area contributed by atoms with Gasteiger partial charge in [-0.3, -0.25) is 19.4 Å². The molecule has 1 aromatic heterocycles. The molecule has 2 aliphatic rings. The largest absolute Gasteiger partial charge is 0.508 e. The van der Waals surface area contributed by atoms with Crippen LogP contribution in [0.15, 0.2) is 35.3 Å². The number of rotatable bonds is 9. The number of phenolic OH excluding ortho intramolecular Hbond substituents is 1. The quantitative estimate of drug-likeness (QED) is 0.478. The molecule has 1 unspecified atom stereocenters. The molecular formula is C27H38N4O5. The van der Waals surface area contributed by atoms with Crippen molar-refractivity contribution in [2.45, 2.75) is 45.2 Å². The number of carbonyl (C=O) groups is 1. The van der Waals surface area contributed by atoms with E-state index in [2.05, 4.69) is 22.8 Å². The summed E-state index contributed by atoms with van der Waals surface area (Å²) in [4.78, 5) is 31.7. The number of aliphatic hydroxyl groups excluding tert-OH is 1. The molecule has 3 N–H and O–H groups in total. The first kappa shape index (κ1) is 26.2. The van der Waals surface area contributed by atoms with Crippen LogP contribution in [0.2, 0.25) is 0 Å². The van der Waals surface area contributed by atoms with E-state index >= 15 is 0 Å². The van der Waals surface area contributed by atoms with E-state index in [1.807, 2.05) is 6.07 Å². The molecule has 0 bridgehead atoms. The van der Waals surface area contributed by atoms with Crippen LogP contribution in [0.3, 0.4) is 0 Å². The van der Waals surface area contributed by atoms with Gasteiger partial charge < -0.3 is 24.8 Å². The molecule has 1 fully saturated rings. The van der Waals surface area contributed by atoms with Gasteiger partial charge in [0.25, 0.3) is 5.91 Å². The number of aromatic nitrogens is 1. The first-order valence-corrected chi connectivity index (χ1v) is 13.0. The molecule has 1 aliphatic heterocycles. The van der Waals surface area contributed by atoms with E-state index in [-0.39, 0.29) is 24.8 Å². The lowest BCUT2D eigenvalue weighted by Gasteiger charge is -2.39. The minimum atomic E-state index is -0.595. The number of hydrogen-bond acceptors (Lipinski definition) is 7. The first-order valence-electron chi connectivity index (χ1n) is 13.0. The number of benzene rings is 1. The van der Waals surface area contributed by atoms with E-state index < -0.39 is 11.2 Å². The zero-order chi connectivity index (χ0) is 25.7. The second-order valence-electron chi connectivity index (χ2n) is 9.78. The van der Waals surface area contributed by atoms with Crippen LogP contribution in [0.25, 0.3) is 0 Å². The summed E-state index contributed by atoms with van der Waals surface area (Å²) in [6, 6.07) is 7.51. The Hall–Kier alpha value is -2.88. The molecule has 2 aromatic rings. The zero-order valence-corrected chi connectivity index (χ0v) is 21.1. The Morgan fingerprint density at radius 3 is 2.58 bits per heavy atom. The standard InChI is InChI=1S/C27H38N4O5/c1-2-9-29(21-6-7-22-20(19-21)4-3-5-23(22)33)14-11-28-12-15-31(16-13-28)27(36)25-26(35)24(34)8-10-30(25)17-18-32/h3-5,8,10,21,32-33,35H,2,6-7,9,11-19H2,1H3. The van der Waals surface area contributed by atoms with Crippen molar-refractivity contribution < 1.29 is 20.1 Å². The Kier molecular flexibility index (Phi) is 8.66. The lowest BCUT2D eigenvalue weighted by atomic mass is 9.87. The molecule has 1 amide bonds. The number of hydrogen-bond donors (Lipinski definition) is 3. The first-order chi connectivity index (χ1) is 17.4. The number of aromatic hydroxyl groups is 2. The molecule has 0 saturated carbocycles. The predicted octanol–water partition coefficient (Wildman–Crippen LogP) is 1.28. The molecule has 2 heterocycles. The highest BCUT2D eigenvalue weighted by molar-refractivity contribution is 5.95. The van der Waals surface area contributed by atoms with E-state index in [1.165, 1.54) is 22.4 Å². The summed E-state index contributed by atoms with van der Waals surface area (Å²) in [6.07, 6.45) is 5.43. The lowest BCUT2D eigenvalue weighted by molar-refractivity contribution is 0.0593. The van der Waals surface area contributed by atoms with Gasteiger partial charge in [-0.2, -0.15) is 0 Å². The normalized spacial score (nSPS) is 18.4. The smallest absolute Gasteiger partial charge is 0.274 e. The topological polar surface area (TPSA) is 109 Å². The Morgan fingerprint density at radius 1 is 1.08 bits per heavy atom. The van der Waals surface area contributed by atoms with Crippen molar-refractivity contribution >= 4 is 5.91 Å². The minimum Gasteiger partial charge on any atom is -0.508 e. The summed E-state index contributed by atoms with van der Waals surface area (Å²) in [5, 5.41) is 29.7. The average molecular weight is 499 g/mol. The van der Waals surface area contributed by atoms with Gasteiger partial charge in [0.05, 0.1) is 6.61 Å². The summed E-state index contributed by atoms with van der Waals surface area (Å²) >= 11 is 0. The number of phenols is 1. The minimum absolute atomic E-state index is 0.0530. The van der Waals surface area contributed by atoms with Crippen LogP contribution in [0.5, 0.6) is 11.5 Å². The highest BCUT2D eigenvalue weighted by Crippen LogP contribution is 2.30. The molecule has 1 aliphatic carbocycles. The van der Waals surface area contributed by atoms with Crippen LogP contribution in [-0.2, 0) is 19.4 Å². The van der Waals surface area contributed by atoms with Crippen molar-refractivity contribution in [1.82, 2.24) is 19.3 Å². The van der Waals surface area contributed by atoms with Gasteiger partial charge in [0, 0.05) is 64.1 Å². The van der Waals surface area contributed by atoms with Crippen molar-refractivity contribution in [3.05, 3.63) is 57.5 Å². The molecule has 9 heteroatoms. The molecule has 1 atom stereocenters. The number of fused-ring (bicyclic) bond motifs is 1. The van der Waals surface area contributed by atoms with Crippen LogP contribution in [0.4, 0.5) is 0 Å². The van der Waals surface area contributed by atoms with Crippen LogP contribution < -0.4 is 5.43 Å². The molecule has 4 rings (SSSR count). The summed E-state index contributed by atoms with van der Waals surface area (Å²) in [7, 11) is 0. The molecule has 1 saturated heterocycles. The van der Waals surface area contributed by atoms with Gasteiger partial charge in [0.2, 0.25) is 5.43 Å². The van der Waals surface area contributed by atoms with Crippen molar-refractivity contribution in [3.8, 4) is 11.5 Å². The summed E-state index contributed by atoms with van der Waals surface area (Å²) < 4.78 is 1.44. The third-order valence-electron chi connectivity index (χ3n) is 7.52. The maximum atomic E-state index is 13.1. The van der Waals surface area contributed by atoms with Gasteiger partial charge in [-0.1, -0.05) is 19.1 Å². The average Bonchev–Trinajstić information content (AvgIpc) is 2.89.